The van der Waals surface area contributed by atoms with Crippen LogP contribution in [0.4, 0.5) is 4.39 Å². The fourth-order valence-electron chi connectivity index (χ4n) is 3.70. The Bertz CT molecular complexity index is 623. The number of aryl methyl sites for hydroxylation is 2. The summed E-state index contributed by atoms with van der Waals surface area (Å²) in [6.07, 6.45) is 1.73. The zero-order chi connectivity index (χ0) is 14.7. The highest BCUT2D eigenvalue weighted by Crippen LogP contribution is 2.47. The third-order valence-corrected chi connectivity index (χ3v) is 7.51. The van der Waals surface area contributed by atoms with Gasteiger partial charge in [-0.15, -0.1) is 0 Å². The Labute approximate surface area is 118 Å². The molecule has 1 aromatic carbocycles. The van der Waals surface area contributed by atoms with Crippen molar-refractivity contribution in [2.24, 2.45) is 0 Å². The van der Waals surface area contributed by atoms with Gasteiger partial charge in [-0.25, -0.2) is 12.8 Å². The summed E-state index contributed by atoms with van der Waals surface area (Å²) in [5.74, 6) is -0.260. The first-order valence-electron chi connectivity index (χ1n) is 6.96. The minimum absolute atomic E-state index is 0.232. The lowest BCUT2D eigenvalue weighted by atomic mass is 9.84. The van der Waals surface area contributed by atoms with Crippen LogP contribution in [0.15, 0.2) is 12.1 Å². The number of hydrogen-bond donors (Lipinski definition) is 1. The van der Waals surface area contributed by atoms with E-state index in [0.717, 1.165) is 0 Å². The Morgan fingerprint density at radius 1 is 1.15 bits per heavy atom. The molecule has 0 saturated carbocycles. The predicted octanol–water partition coefficient (Wildman–Crippen LogP) is 2.37. The number of benzene rings is 1. The lowest BCUT2D eigenvalue weighted by Gasteiger charge is -2.37. The topological polar surface area (TPSA) is 54.4 Å². The molecule has 2 bridgehead atoms. The van der Waals surface area contributed by atoms with Crippen molar-refractivity contribution in [3.63, 3.8) is 0 Å². The van der Waals surface area contributed by atoms with Gasteiger partial charge in [-0.1, -0.05) is 12.1 Å². The van der Waals surface area contributed by atoms with Crippen LogP contribution in [0.3, 0.4) is 0 Å². The first-order chi connectivity index (χ1) is 9.24. The number of fused-ring (bicyclic) bond motifs is 2. The van der Waals surface area contributed by atoms with Gasteiger partial charge in [-0.05, 0) is 56.2 Å². The number of halogens is 1. The van der Waals surface area contributed by atoms with E-state index >= 15 is 0 Å². The van der Waals surface area contributed by atoms with E-state index in [0.29, 0.717) is 29.5 Å². The number of rotatable bonds is 1. The third kappa shape index (κ3) is 1.91. The van der Waals surface area contributed by atoms with E-state index in [1.807, 2.05) is 0 Å². The largest absolute Gasteiger partial charge is 0.385 e. The van der Waals surface area contributed by atoms with Gasteiger partial charge in [0.1, 0.15) is 5.82 Å². The maximum Gasteiger partial charge on any atom is 0.156 e. The Hall–Kier alpha value is -0.940. The highest BCUT2D eigenvalue weighted by Gasteiger charge is 2.53. The second-order valence-corrected chi connectivity index (χ2v) is 8.79. The van der Waals surface area contributed by atoms with E-state index in [-0.39, 0.29) is 18.7 Å². The van der Waals surface area contributed by atoms with Crippen LogP contribution in [-0.2, 0) is 15.4 Å². The van der Waals surface area contributed by atoms with Crippen LogP contribution < -0.4 is 0 Å². The summed E-state index contributed by atoms with van der Waals surface area (Å²) in [5, 5.41) is 10.0. The maximum absolute atomic E-state index is 13.7. The van der Waals surface area contributed by atoms with Crippen molar-refractivity contribution in [1.82, 2.24) is 0 Å². The Kier molecular flexibility index (Phi) is 3.00. The molecule has 0 amide bonds. The van der Waals surface area contributed by atoms with E-state index in [9.17, 15) is 17.9 Å². The van der Waals surface area contributed by atoms with E-state index in [2.05, 4.69) is 0 Å². The van der Waals surface area contributed by atoms with Gasteiger partial charge in [-0.3, -0.25) is 0 Å². The minimum Gasteiger partial charge on any atom is -0.385 e. The number of aliphatic hydroxyl groups is 1. The van der Waals surface area contributed by atoms with Gasteiger partial charge in [0.25, 0.3) is 0 Å². The molecule has 0 radical (unpaired) electrons. The van der Waals surface area contributed by atoms with Crippen LogP contribution >= 0.6 is 0 Å². The summed E-state index contributed by atoms with van der Waals surface area (Å²) in [7, 11) is -3.07. The standard InChI is InChI=1S/C15H19FO3S/c1-9-5-11(6-10(2)14(9)16)15(17)7-12-3-4-13(8-15)20(12,18)19/h5-6,12-13,17H,3-4,7-8H2,1-2H3. The van der Waals surface area contributed by atoms with Crippen LogP contribution in [0, 0.1) is 19.7 Å². The Morgan fingerprint density at radius 2 is 1.60 bits per heavy atom. The molecule has 2 aliphatic rings. The van der Waals surface area contributed by atoms with Crippen molar-refractivity contribution in [3.05, 3.63) is 34.6 Å². The van der Waals surface area contributed by atoms with Crippen LogP contribution in [0.5, 0.6) is 0 Å². The molecular formula is C15H19FO3S. The zero-order valence-corrected chi connectivity index (χ0v) is 12.5. The zero-order valence-electron chi connectivity index (χ0n) is 11.7. The molecule has 3 nitrogen and oxygen atoms in total. The SMILES string of the molecule is Cc1cc(C2(O)CC3CCC(C2)S3(=O)=O)cc(C)c1F. The van der Waals surface area contributed by atoms with Gasteiger partial charge < -0.3 is 5.11 Å². The monoisotopic (exact) mass is 298 g/mol. The fourth-order valence-corrected chi connectivity index (χ4v) is 6.19. The molecule has 2 saturated heterocycles. The van der Waals surface area contributed by atoms with Crippen LogP contribution in [-0.4, -0.2) is 24.0 Å². The number of sulfone groups is 1. The highest BCUT2D eigenvalue weighted by atomic mass is 32.2. The third-order valence-electron chi connectivity index (χ3n) is 4.84. The molecule has 2 aliphatic heterocycles. The maximum atomic E-state index is 13.7. The summed E-state index contributed by atoms with van der Waals surface area (Å²) in [4.78, 5) is 0. The Morgan fingerprint density at radius 3 is 2.05 bits per heavy atom. The lowest BCUT2D eigenvalue weighted by molar-refractivity contribution is 0.0171. The molecule has 0 aliphatic carbocycles. The quantitative estimate of drug-likeness (QED) is 0.866. The van der Waals surface area contributed by atoms with Crippen molar-refractivity contribution in [1.29, 1.82) is 0 Å². The summed E-state index contributed by atoms with van der Waals surface area (Å²) in [6, 6.07) is 3.30. The van der Waals surface area contributed by atoms with Crippen molar-refractivity contribution >= 4 is 9.84 Å². The molecule has 2 fully saturated rings. The van der Waals surface area contributed by atoms with Gasteiger partial charge in [0.2, 0.25) is 0 Å². The molecule has 2 unspecified atom stereocenters. The Balaban J connectivity index is 2.03. The van der Waals surface area contributed by atoms with Gasteiger partial charge >= 0.3 is 0 Å². The summed E-state index contributed by atoms with van der Waals surface area (Å²) < 4.78 is 37.9. The summed E-state index contributed by atoms with van der Waals surface area (Å²) in [5.41, 5.74) is 0.504. The molecule has 2 heterocycles. The first kappa shape index (κ1) is 14.0. The van der Waals surface area contributed by atoms with Crippen LogP contribution in [0.1, 0.15) is 42.4 Å². The first-order valence-corrected chi connectivity index (χ1v) is 8.57. The molecule has 20 heavy (non-hydrogen) atoms. The second kappa shape index (κ2) is 4.28. The molecule has 5 heteroatoms. The molecule has 0 spiro atoms. The van der Waals surface area contributed by atoms with Crippen molar-refractivity contribution in [3.8, 4) is 0 Å². The smallest absolute Gasteiger partial charge is 0.156 e. The molecular weight excluding hydrogens is 279 g/mol. The van der Waals surface area contributed by atoms with Gasteiger partial charge in [0.05, 0.1) is 16.1 Å². The van der Waals surface area contributed by atoms with E-state index < -0.39 is 25.9 Å². The molecule has 2 atom stereocenters. The van der Waals surface area contributed by atoms with E-state index in [4.69, 9.17) is 0 Å². The fraction of sp³-hybridized carbons (Fsp3) is 0.600. The van der Waals surface area contributed by atoms with Gasteiger partial charge in [0.15, 0.2) is 9.84 Å². The normalized spacial score (nSPS) is 35.2. The molecule has 0 aromatic heterocycles. The molecule has 1 N–H and O–H groups in total. The van der Waals surface area contributed by atoms with Gasteiger partial charge in [-0.2, -0.15) is 0 Å². The highest BCUT2D eigenvalue weighted by molar-refractivity contribution is 7.93. The average Bonchev–Trinajstić information content (AvgIpc) is 2.55. The van der Waals surface area contributed by atoms with E-state index in [1.54, 1.807) is 26.0 Å². The molecule has 1 aromatic rings. The average molecular weight is 298 g/mol. The van der Waals surface area contributed by atoms with Crippen molar-refractivity contribution in [2.45, 2.75) is 55.6 Å². The van der Waals surface area contributed by atoms with Crippen molar-refractivity contribution in [2.75, 3.05) is 0 Å². The van der Waals surface area contributed by atoms with Crippen molar-refractivity contribution < 1.29 is 17.9 Å². The van der Waals surface area contributed by atoms with Crippen LogP contribution in [0.25, 0.3) is 0 Å². The van der Waals surface area contributed by atoms with Crippen LogP contribution in [0.2, 0.25) is 0 Å². The van der Waals surface area contributed by atoms with E-state index in [1.165, 1.54) is 0 Å². The summed E-state index contributed by atoms with van der Waals surface area (Å²) >= 11 is 0. The summed E-state index contributed by atoms with van der Waals surface area (Å²) in [6.45, 7) is 3.34. The minimum atomic E-state index is -3.07. The lowest BCUT2D eigenvalue weighted by Crippen LogP contribution is -2.43. The molecule has 110 valence electrons. The molecule has 3 rings (SSSR count). The number of hydrogen-bond acceptors (Lipinski definition) is 3. The van der Waals surface area contributed by atoms with Gasteiger partial charge in [0, 0.05) is 0 Å². The predicted molar refractivity (Wildman–Crippen MR) is 74.7 cm³/mol. The second-order valence-electron chi connectivity index (χ2n) is 6.27.